The van der Waals surface area contributed by atoms with Crippen LogP contribution in [0.15, 0.2) is 18.3 Å². The first-order chi connectivity index (χ1) is 10.7. The molecule has 0 unspecified atom stereocenters. The molecule has 5 heteroatoms. The van der Waals surface area contributed by atoms with Crippen molar-refractivity contribution in [2.75, 3.05) is 31.9 Å². The molecule has 2 saturated heterocycles. The number of carbonyl (C=O) groups is 1. The van der Waals surface area contributed by atoms with Crippen LogP contribution in [0, 0.1) is 5.92 Å². The molecule has 0 atom stereocenters. The number of piperidine rings is 2. The number of hydrogen-bond acceptors (Lipinski definition) is 4. The van der Waals surface area contributed by atoms with Crippen molar-refractivity contribution in [2.24, 2.45) is 5.92 Å². The molecule has 3 heterocycles. The summed E-state index contributed by atoms with van der Waals surface area (Å²) in [6.07, 6.45) is 7.35. The van der Waals surface area contributed by atoms with Crippen LogP contribution >= 0.6 is 0 Å². The second-order valence-electron chi connectivity index (χ2n) is 6.53. The lowest BCUT2D eigenvalue weighted by molar-refractivity contribution is -0.138. The summed E-state index contributed by atoms with van der Waals surface area (Å²) in [6.45, 7) is 4.82. The lowest BCUT2D eigenvalue weighted by Gasteiger charge is -2.35. The minimum absolute atomic E-state index is 0.233. The van der Waals surface area contributed by atoms with E-state index in [1.807, 2.05) is 12.1 Å². The third-order valence-corrected chi connectivity index (χ3v) is 4.86. The van der Waals surface area contributed by atoms with Crippen LogP contribution in [0.4, 0.5) is 5.82 Å². The van der Waals surface area contributed by atoms with Gasteiger partial charge in [-0.25, -0.2) is 4.98 Å². The van der Waals surface area contributed by atoms with Crippen molar-refractivity contribution in [3.05, 3.63) is 23.9 Å². The number of rotatable bonds is 3. The average molecular weight is 302 g/mol. The Labute approximate surface area is 132 Å². The second kappa shape index (κ2) is 7.09. The zero-order chi connectivity index (χ0) is 15.4. The van der Waals surface area contributed by atoms with E-state index >= 15 is 0 Å². The Hall–Kier alpha value is -1.62. The fraction of sp³-hybridized carbons (Fsp3) is 0.647. The molecule has 0 bridgehead atoms. The van der Waals surface area contributed by atoms with Crippen LogP contribution < -0.4 is 5.73 Å². The van der Waals surface area contributed by atoms with E-state index in [-0.39, 0.29) is 5.92 Å². The molecule has 0 saturated carbocycles. The maximum absolute atomic E-state index is 12.5. The summed E-state index contributed by atoms with van der Waals surface area (Å²) in [4.78, 5) is 21.1. The second-order valence-corrected chi connectivity index (χ2v) is 6.53. The molecule has 0 aromatic carbocycles. The van der Waals surface area contributed by atoms with Gasteiger partial charge in [0.25, 0.3) is 0 Å². The molecule has 1 aromatic heterocycles. The van der Waals surface area contributed by atoms with Crippen molar-refractivity contribution in [1.82, 2.24) is 14.8 Å². The fourth-order valence-corrected chi connectivity index (χ4v) is 3.56. The van der Waals surface area contributed by atoms with E-state index in [0.717, 1.165) is 45.6 Å². The SMILES string of the molecule is Nc1cc(CN2CCC(C(=O)N3CCCCC3)CC2)ccn1. The Morgan fingerprint density at radius 3 is 2.59 bits per heavy atom. The third kappa shape index (κ3) is 3.77. The molecule has 0 spiro atoms. The van der Waals surface area contributed by atoms with Crippen LogP contribution in [0.1, 0.15) is 37.7 Å². The van der Waals surface area contributed by atoms with E-state index in [0.29, 0.717) is 11.7 Å². The van der Waals surface area contributed by atoms with Crippen molar-refractivity contribution in [2.45, 2.75) is 38.6 Å². The predicted octanol–water partition coefficient (Wildman–Crippen LogP) is 1.89. The molecule has 120 valence electrons. The van der Waals surface area contributed by atoms with Gasteiger partial charge in [-0.1, -0.05) is 0 Å². The van der Waals surface area contributed by atoms with E-state index in [9.17, 15) is 4.79 Å². The Morgan fingerprint density at radius 1 is 1.18 bits per heavy atom. The average Bonchev–Trinajstić information content (AvgIpc) is 2.56. The highest BCUT2D eigenvalue weighted by molar-refractivity contribution is 5.79. The van der Waals surface area contributed by atoms with Gasteiger partial charge in [0, 0.05) is 31.7 Å². The van der Waals surface area contributed by atoms with Gasteiger partial charge in [-0.3, -0.25) is 9.69 Å². The number of anilines is 1. The molecular weight excluding hydrogens is 276 g/mol. The van der Waals surface area contributed by atoms with Gasteiger partial charge in [-0.2, -0.15) is 0 Å². The number of pyridine rings is 1. The lowest BCUT2D eigenvalue weighted by atomic mass is 9.94. The highest BCUT2D eigenvalue weighted by atomic mass is 16.2. The van der Waals surface area contributed by atoms with Crippen molar-refractivity contribution >= 4 is 11.7 Å². The fourth-order valence-electron chi connectivity index (χ4n) is 3.56. The monoisotopic (exact) mass is 302 g/mol. The number of hydrogen-bond donors (Lipinski definition) is 1. The standard InChI is InChI=1S/C17H26N4O/c18-16-12-14(4-7-19-16)13-20-10-5-15(6-11-20)17(22)21-8-2-1-3-9-21/h4,7,12,15H,1-3,5-6,8-11,13H2,(H2,18,19). The van der Waals surface area contributed by atoms with E-state index in [4.69, 9.17) is 5.73 Å². The van der Waals surface area contributed by atoms with Crippen molar-refractivity contribution < 1.29 is 4.79 Å². The Balaban J connectivity index is 1.48. The number of nitrogens with zero attached hydrogens (tertiary/aromatic N) is 3. The summed E-state index contributed by atoms with van der Waals surface area (Å²) in [6, 6.07) is 3.95. The van der Waals surface area contributed by atoms with Crippen LogP contribution in [0.2, 0.25) is 0 Å². The van der Waals surface area contributed by atoms with Crippen LogP contribution in [0.5, 0.6) is 0 Å². The first kappa shape index (κ1) is 15.3. The molecule has 22 heavy (non-hydrogen) atoms. The highest BCUT2D eigenvalue weighted by Gasteiger charge is 2.29. The summed E-state index contributed by atoms with van der Waals surface area (Å²) in [7, 11) is 0. The molecule has 2 aliphatic heterocycles. The first-order valence-electron chi connectivity index (χ1n) is 8.44. The van der Waals surface area contributed by atoms with Crippen LogP contribution in [-0.2, 0) is 11.3 Å². The topological polar surface area (TPSA) is 62.5 Å². The van der Waals surface area contributed by atoms with Gasteiger partial charge in [0.05, 0.1) is 0 Å². The number of nitrogen functional groups attached to an aromatic ring is 1. The highest BCUT2D eigenvalue weighted by Crippen LogP contribution is 2.23. The number of nitrogens with two attached hydrogens (primary N) is 1. The largest absolute Gasteiger partial charge is 0.384 e. The number of aromatic nitrogens is 1. The normalized spacial score (nSPS) is 21.0. The quantitative estimate of drug-likeness (QED) is 0.926. The molecule has 5 nitrogen and oxygen atoms in total. The molecule has 1 aromatic rings. The van der Waals surface area contributed by atoms with Gasteiger partial charge >= 0.3 is 0 Å². The maximum atomic E-state index is 12.5. The minimum Gasteiger partial charge on any atom is -0.384 e. The van der Waals surface area contributed by atoms with Gasteiger partial charge in [-0.15, -0.1) is 0 Å². The van der Waals surface area contributed by atoms with E-state index < -0.39 is 0 Å². The molecule has 2 N–H and O–H groups in total. The molecule has 2 fully saturated rings. The van der Waals surface area contributed by atoms with Gasteiger partial charge < -0.3 is 10.6 Å². The predicted molar refractivity (Wildman–Crippen MR) is 87.1 cm³/mol. The van der Waals surface area contributed by atoms with Crippen molar-refractivity contribution in [1.29, 1.82) is 0 Å². The molecular formula is C17H26N4O. The molecule has 2 aliphatic rings. The first-order valence-corrected chi connectivity index (χ1v) is 8.44. The Kier molecular flexibility index (Phi) is 4.93. The summed E-state index contributed by atoms with van der Waals surface area (Å²) in [5.41, 5.74) is 6.93. The van der Waals surface area contributed by atoms with Gasteiger partial charge in [-0.05, 0) is 62.9 Å². The molecule has 0 radical (unpaired) electrons. The number of amides is 1. The summed E-state index contributed by atoms with van der Waals surface area (Å²) in [5.74, 6) is 1.21. The number of likely N-dealkylation sites (tertiary alicyclic amines) is 2. The zero-order valence-electron chi connectivity index (χ0n) is 13.2. The number of carbonyl (C=O) groups excluding carboxylic acids is 1. The van der Waals surface area contributed by atoms with Crippen molar-refractivity contribution in [3.8, 4) is 0 Å². The van der Waals surface area contributed by atoms with Crippen LogP contribution in [0.25, 0.3) is 0 Å². The van der Waals surface area contributed by atoms with E-state index in [1.54, 1.807) is 6.20 Å². The maximum Gasteiger partial charge on any atom is 0.225 e. The Morgan fingerprint density at radius 2 is 1.91 bits per heavy atom. The summed E-state index contributed by atoms with van der Waals surface area (Å²) in [5, 5.41) is 0. The minimum atomic E-state index is 0.233. The molecule has 3 rings (SSSR count). The van der Waals surface area contributed by atoms with Gasteiger partial charge in [0.15, 0.2) is 0 Å². The summed E-state index contributed by atoms with van der Waals surface area (Å²) < 4.78 is 0. The van der Waals surface area contributed by atoms with Crippen molar-refractivity contribution in [3.63, 3.8) is 0 Å². The molecule has 1 amide bonds. The van der Waals surface area contributed by atoms with Gasteiger partial charge in [0.2, 0.25) is 5.91 Å². The Bertz CT molecular complexity index is 505. The zero-order valence-corrected chi connectivity index (χ0v) is 13.2. The van der Waals surface area contributed by atoms with Gasteiger partial charge in [0.1, 0.15) is 5.82 Å². The van der Waals surface area contributed by atoms with E-state index in [1.165, 1.54) is 24.8 Å². The van der Waals surface area contributed by atoms with Crippen LogP contribution in [-0.4, -0.2) is 46.9 Å². The van der Waals surface area contributed by atoms with E-state index in [2.05, 4.69) is 14.8 Å². The smallest absolute Gasteiger partial charge is 0.225 e. The van der Waals surface area contributed by atoms with Crippen LogP contribution in [0.3, 0.4) is 0 Å². The third-order valence-electron chi connectivity index (χ3n) is 4.86. The lowest BCUT2D eigenvalue weighted by Crippen LogP contribution is -2.44. The molecule has 0 aliphatic carbocycles. The summed E-state index contributed by atoms with van der Waals surface area (Å²) >= 11 is 0.